The molecule has 2 unspecified atom stereocenters. The second-order valence-corrected chi connectivity index (χ2v) is 6.40. The average Bonchev–Trinajstić information content (AvgIpc) is 2.49. The molecule has 0 aromatic carbocycles. The Labute approximate surface area is 129 Å². The third-order valence-corrected chi connectivity index (χ3v) is 4.57. The molecule has 1 aliphatic carbocycles. The summed E-state index contributed by atoms with van der Waals surface area (Å²) in [6.45, 7) is 5.61. The molecule has 1 aliphatic rings. The lowest BCUT2D eigenvalue weighted by atomic mass is 9.81. The maximum absolute atomic E-state index is 4.44. The normalized spacial score (nSPS) is 22.0. The minimum atomic E-state index is 0.890. The van der Waals surface area contributed by atoms with Gasteiger partial charge in [-0.05, 0) is 31.1 Å². The van der Waals surface area contributed by atoms with Crippen LogP contribution in [-0.2, 0) is 6.42 Å². The van der Waals surface area contributed by atoms with Crippen LogP contribution in [0.25, 0.3) is 0 Å². The summed E-state index contributed by atoms with van der Waals surface area (Å²) < 4.78 is 0. The Bertz CT molecular complexity index is 433. The zero-order valence-electron chi connectivity index (χ0n) is 13.8. The Balaban J connectivity index is 1.90. The van der Waals surface area contributed by atoms with Gasteiger partial charge in [-0.2, -0.15) is 0 Å². The molecule has 4 nitrogen and oxygen atoms in total. The van der Waals surface area contributed by atoms with Crippen molar-refractivity contribution in [2.75, 3.05) is 24.2 Å². The van der Waals surface area contributed by atoms with E-state index in [-0.39, 0.29) is 0 Å². The molecule has 0 radical (unpaired) electrons. The number of hydrogen-bond acceptors (Lipinski definition) is 4. The van der Waals surface area contributed by atoms with E-state index in [1.54, 1.807) is 6.33 Å². The molecule has 0 bridgehead atoms. The highest BCUT2D eigenvalue weighted by atomic mass is 15.1. The molecular weight excluding hydrogens is 260 g/mol. The van der Waals surface area contributed by atoms with Crippen LogP contribution in [0.1, 0.15) is 57.9 Å². The summed E-state index contributed by atoms with van der Waals surface area (Å²) in [7, 11) is 1.93. The molecule has 2 N–H and O–H groups in total. The van der Waals surface area contributed by atoms with E-state index in [1.165, 1.54) is 37.7 Å². The van der Waals surface area contributed by atoms with Gasteiger partial charge >= 0.3 is 0 Å². The third-order valence-electron chi connectivity index (χ3n) is 4.57. The molecule has 0 saturated heterocycles. The van der Waals surface area contributed by atoms with Gasteiger partial charge in [-0.25, -0.2) is 9.97 Å². The summed E-state index contributed by atoms with van der Waals surface area (Å²) in [4.78, 5) is 8.76. The van der Waals surface area contributed by atoms with E-state index >= 15 is 0 Å². The number of nitrogens with one attached hydrogen (secondary N) is 2. The SMILES string of the molecule is CCCc1c(NC)ncnc1NCCC1CCCC(C)C1. The molecule has 0 amide bonds. The van der Waals surface area contributed by atoms with Crippen LogP contribution in [0.3, 0.4) is 0 Å². The van der Waals surface area contributed by atoms with Gasteiger partial charge in [-0.3, -0.25) is 0 Å². The number of rotatable bonds is 7. The lowest BCUT2D eigenvalue weighted by Gasteiger charge is -2.26. The van der Waals surface area contributed by atoms with E-state index in [0.717, 1.165) is 42.9 Å². The average molecular weight is 290 g/mol. The fraction of sp³-hybridized carbons (Fsp3) is 0.765. The molecule has 1 aromatic heterocycles. The lowest BCUT2D eigenvalue weighted by Crippen LogP contribution is -2.17. The Kier molecular flexibility index (Phi) is 6.27. The van der Waals surface area contributed by atoms with Crippen LogP contribution in [0, 0.1) is 11.8 Å². The zero-order valence-corrected chi connectivity index (χ0v) is 13.8. The van der Waals surface area contributed by atoms with Crippen molar-refractivity contribution < 1.29 is 0 Å². The van der Waals surface area contributed by atoms with Crippen LogP contribution in [-0.4, -0.2) is 23.6 Å². The van der Waals surface area contributed by atoms with Gasteiger partial charge in [0.2, 0.25) is 0 Å². The predicted molar refractivity (Wildman–Crippen MR) is 89.8 cm³/mol. The summed E-state index contributed by atoms with van der Waals surface area (Å²) in [5.74, 6) is 3.77. The quantitative estimate of drug-likeness (QED) is 0.794. The molecule has 118 valence electrons. The molecule has 1 heterocycles. The molecule has 1 fully saturated rings. The van der Waals surface area contributed by atoms with Gasteiger partial charge in [0.25, 0.3) is 0 Å². The van der Waals surface area contributed by atoms with E-state index in [4.69, 9.17) is 0 Å². The van der Waals surface area contributed by atoms with E-state index < -0.39 is 0 Å². The summed E-state index contributed by atoms with van der Waals surface area (Å²) in [5.41, 5.74) is 1.22. The van der Waals surface area contributed by atoms with Crippen LogP contribution < -0.4 is 10.6 Å². The van der Waals surface area contributed by atoms with Crippen LogP contribution in [0.15, 0.2) is 6.33 Å². The van der Waals surface area contributed by atoms with Crippen molar-refractivity contribution >= 4 is 11.6 Å². The van der Waals surface area contributed by atoms with Crippen LogP contribution in [0.2, 0.25) is 0 Å². The van der Waals surface area contributed by atoms with Crippen molar-refractivity contribution in [3.8, 4) is 0 Å². The maximum atomic E-state index is 4.44. The maximum Gasteiger partial charge on any atom is 0.134 e. The lowest BCUT2D eigenvalue weighted by molar-refractivity contribution is 0.274. The first kappa shape index (κ1) is 16.1. The molecule has 2 rings (SSSR count). The molecule has 4 heteroatoms. The first-order chi connectivity index (χ1) is 10.2. The van der Waals surface area contributed by atoms with Crippen molar-refractivity contribution in [2.45, 2.75) is 58.8 Å². The van der Waals surface area contributed by atoms with Gasteiger partial charge in [0.1, 0.15) is 18.0 Å². The van der Waals surface area contributed by atoms with Gasteiger partial charge in [0.05, 0.1) is 0 Å². The van der Waals surface area contributed by atoms with Gasteiger partial charge in [0.15, 0.2) is 0 Å². The Morgan fingerprint density at radius 2 is 2.05 bits per heavy atom. The fourth-order valence-corrected chi connectivity index (χ4v) is 3.48. The van der Waals surface area contributed by atoms with Crippen LogP contribution >= 0.6 is 0 Å². The summed E-state index contributed by atoms with van der Waals surface area (Å²) >= 11 is 0. The molecular formula is C17H30N4. The molecule has 2 atom stereocenters. The second kappa shape index (κ2) is 8.20. The van der Waals surface area contributed by atoms with Crippen molar-refractivity contribution in [1.82, 2.24) is 9.97 Å². The fourth-order valence-electron chi connectivity index (χ4n) is 3.48. The highest BCUT2D eigenvalue weighted by molar-refractivity contribution is 5.57. The molecule has 0 spiro atoms. The van der Waals surface area contributed by atoms with Crippen molar-refractivity contribution in [1.29, 1.82) is 0 Å². The van der Waals surface area contributed by atoms with Crippen LogP contribution in [0.4, 0.5) is 11.6 Å². The van der Waals surface area contributed by atoms with Crippen LogP contribution in [0.5, 0.6) is 0 Å². The molecule has 1 aromatic rings. The largest absolute Gasteiger partial charge is 0.373 e. The minimum Gasteiger partial charge on any atom is -0.373 e. The number of nitrogens with zero attached hydrogens (tertiary/aromatic N) is 2. The van der Waals surface area contributed by atoms with Crippen molar-refractivity contribution in [3.05, 3.63) is 11.9 Å². The molecule has 0 aliphatic heterocycles. The Hall–Kier alpha value is -1.32. The predicted octanol–water partition coefficient (Wildman–Crippen LogP) is 4.10. The van der Waals surface area contributed by atoms with Gasteiger partial charge in [-0.1, -0.05) is 39.5 Å². The van der Waals surface area contributed by atoms with E-state index in [0.29, 0.717) is 0 Å². The molecule has 21 heavy (non-hydrogen) atoms. The Morgan fingerprint density at radius 3 is 2.76 bits per heavy atom. The summed E-state index contributed by atoms with van der Waals surface area (Å²) in [6, 6.07) is 0. The van der Waals surface area contributed by atoms with Gasteiger partial charge < -0.3 is 10.6 Å². The number of hydrogen-bond donors (Lipinski definition) is 2. The monoisotopic (exact) mass is 290 g/mol. The van der Waals surface area contributed by atoms with Gasteiger partial charge in [0, 0.05) is 19.2 Å². The number of anilines is 2. The summed E-state index contributed by atoms with van der Waals surface area (Å²) in [6.07, 6.45) is 10.7. The topological polar surface area (TPSA) is 49.8 Å². The van der Waals surface area contributed by atoms with E-state index in [2.05, 4.69) is 34.4 Å². The Morgan fingerprint density at radius 1 is 1.24 bits per heavy atom. The molecule has 1 saturated carbocycles. The standard InChI is InChI=1S/C17H30N4/c1-4-6-15-16(18-3)20-12-21-17(15)19-10-9-14-8-5-7-13(2)11-14/h12-14H,4-11H2,1-3H3,(H2,18,19,20,21). The smallest absolute Gasteiger partial charge is 0.134 e. The van der Waals surface area contributed by atoms with E-state index in [9.17, 15) is 0 Å². The first-order valence-corrected chi connectivity index (χ1v) is 8.50. The summed E-state index contributed by atoms with van der Waals surface area (Å²) in [5, 5.41) is 6.72. The third kappa shape index (κ3) is 4.58. The van der Waals surface area contributed by atoms with Crippen molar-refractivity contribution in [2.24, 2.45) is 11.8 Å². The van der Waals surface area contributed by atoms with Crippen molar-refractivity contribution in [3.63, 3.8) is 0 Å². The first-order valence-electron chi connectivity index (χ1n) is 8.50. The highest BCUT2D eigenvalue weighted by Gasteiger charge is 2.18. The highest BCUT2D eigenvalue weighted by Crippen LogP contribution is 2.30. The van der Waals surface area contributed by atoms with Gasteiger partial charge in [-0.15, -0.1) is 0 Å². The van der Waals surface area contributed by atoms with E-state index in [1.807, 2.05) is 7.05 Å². The zero-order chi connectivity index (χ0) is 15.1. The number of aromatic nitrogens is 2. The minimum absolute atomic E-state index is 0.890. The second-order valence-electron chi connectivity index (χ2n) is 6.40.